The average Bonchev–Trinajstić information content (AvgIpc) is 2.09. The molecule has 1 fully saturated rings. The van der Waals surface area contributed by atoms with Crippen LogP contribution in [0, 0.1) is 5.92 Å². The summed E-state index contributed by atoms with van der Waals surface area (Å²) in [6.45, 7) is 5.73. The molecule has 1 aliphatic rings. The van der Waals surface area contributed by atoms with Crippen molar-refractivity contribution in [2.24, 2.45) is 11.7 Å². The number of piperazine rings is 1. The molecule has 1 aliphatic heterocycles. The highest BCUT2D eigenvalue weighted by molar-refractivity contribution is 5.78. The van der Waals surface area contributed by atoms with Crippen LogP contribution in [-0.4, -0.2) is 43.5 Å². The quantitative estimate of drug-likeness (QED) is 0.573. The number of nitrogens with two attached hydrogens (primary N) is 1. The Hall–Kier alpha value is -0.610. The fourth-order valence-corrected chi connectivity index (χ4v) is 1.29. The van der Waals surface area contributed by atoms with Gasteiger partial charge in [0.25, 0.3) is 0 Å². The lowest BCUT2D eigenvalue weighted by Gasteiger charge is -2.29. The summed E-state index contributed by atoms with van der Waals surface area (Å²) in [7, 11) is 0. The Kier molecular flexibility index (Phi) is 3.49. The van der Waals surface area contributed by atoms with E-state index in [2.05, 4.69) is 12.2 Å². The van der Waals surface area contributed by atoms with E-state index >= 15 is 0 Å². The van der Waals surface area contributed by atoms with Gasteiger partial charge in [-0.05, 0) is 12.5 Å². The Morgan fingerprint density at radius 2 is 2.50 bits per heavy atom. The average molecular weight is 171 g/mol. The summed E-state index contributed by atoms with van der Waals surface area (Å²) in [6.07, 6.45) is 0. The third-order valence-corrected chi connectivity index (χ3v) is 2.12. The van der Waals surface area contributed by atoms with E-state index in [1.807, 2.05) is 4.90 Å². The molecule has 12 heavy (non-hydrogen) atoms. The molecule has 0 saturated carbocycles. The lowest BCUT2D eigenvalue weighted by molar-refractivity contribution is -0.132. The van der Waals surface area contributed by atoms with Crippen molar-refractivity contribution in [2.45, 2.75) is 6.92 Å². The fraction of sp³-hybridized carbons (Fsp3) is 0.875. The molecule has 4 nitrogen and oxygen atoms in total. The molecule has 1 atom stereocenters. The maximum atomic E-state index is 11.3. The van der Waals surface area contributed by atoms with E-state index in [4.69, 9.17) is 5.73 Å². The highest BCUT2D eigenvalue weighted by atomic mass is 16.2. The summed E-state index contributed by atoms with van der Waals surface area (Å²) < 4.78 is 0. The molecule has 0 spiro atoms. The van der Waals surface area contributed by atoms with Gasteiger partial charge < -0.3 is 16.0 Å². The summed E-state index contributed by atoms with van der Waals surface area (Å²) >= 11 is 0. The predicted molar refractivity (Wildman–Crippen MR) is 47.7 cm³/mol. The van der Waals surface area contributed by atoms with E-state index in [0.717, 1.165) is 19.6 Å². The van der Waals surface area contributed by atoms with E-state index in [0.29, 0.717) is 19.0 Å². The van der Waals surface area contributed by atoms with Crippen LogP contribution in [-0.2, 0) is 4.79 Å². The number of rotatable bonds is 3. The van der Waals surface area contributed by atoms with Crippen molar-refractivity contribution in [3.63, 3.8) is 0 Å². The van der Waals surface area contributed by atoms with Crippen LogP contribution in [0.2, 0.25) is 0 Å². The molecule has 1 heterocycles. The smallest absolute Gasteiger partial charge is 0.236 e. The van der Waals surface area contributed by atoms with Gasteiger partial charge in [-0.2, -0.15) is 0 Å². The first kappa shape index (κ1) is 9.48. The number of hydrogen-bond donors (Lipinski definition) is 2. The monoisotopic (exact) mass is 171 g/mol. The summed E-state index contributed by atoms with van der Waals surface area (Å²) in [5.74, 6) is 0.605. The number of carbonyl (C=O) groups is 1. The minimum atomic E-state index is 0.196. The zero-order valence-electron chi connectivity index (χ0n) is 7.55. The van der Waals surface area contributed by atoms with Crippen molar-refractivity contribution in [3.8, 4) is 0 Å². The van der Waals surface area contributed by atoms with Gasteiger partial charge in [0, 0.05) is 19.6 Å². The van der Waals surface area contributed by atoms with Crippen molar-refractivity contribution in [2.75, 3.05) is 32.7 Å². The number of amides is 1. The van der Waals surface area contributed by atoms with Gasteiger partial charge >= 0.3 is 0 Å². The molecule has 0 aromatic heterocycles. The maximum Gasteiger partial charge on any atom is 0.236 e. The second kappa shape index (κ2) is 4.42. The highest BCUT2D eigenvalue weighted by Gasteiger charge is 2.18. The van der Waals surface area contributed by atoms with Crippen molar-refractivity contribution in [1.29, 1.82) is 0 Å². The highest BCUT2D eigenvalue weighted by Crippen LogP contribution is 2.00. The maximum absolute atomic E-state index is 11.3. The van der Waals surface area contributed by atoms with Crippen LogP contribution in [0.15, 0.2) is 0 Å². The first-order valence-electron chi connectivity index (χ1n) is 4.42. The van der Waals surface area contributed by atoms with Crippen LogP contribution >= 0.6 is 0 Å². The minimum Gasteiger partial charge on any atom is -0.340 e. The van der Waals surface area contributed by atoms with E-state index in [1.165, 1.54) is 0 Å². The molecule has 0 aromatic carbocycles. The topological polar surface area (TPSA) is 58.4 Å². The van der Waals surface area contributed by atoms with Crippen LogP contribution < -0.4 is 11.1 Å². The van der Waals surface area contributed by atoms with Gasteiger partial charge in [0.05, 0.1) is 6.54 Å². The van der Waals surface area contributed by atoms with Crippen molar-refractivity contribution in [3.05, 3.63) is 0 Å². The standard InChI is InChI=1S/C8H17N3O/c1-7(4-9)6-11-3-2-10-5-8(11)12/h7,10H,2-6,9H2,1H3. The van der Waals surface area contributed by atoms with Gasteiger partial charge in [0.2, 0.25) is 5.91 Å². The first-order valence-corrected chi connectivity index (χ1v) is 4.42. The lowest BCUT2D eigenvalue weighted by Crippen LogP contribution is -2.49. The third kappa shape index (κ3) is 2.46. The Morgan fingerprint density at radius 3 is 3.08 bits per heavy atom. The van der Waals surface area contributed by atoms with Gasteiger partial charge in [0.1, 0.15) is 0 Å². The van der Waals surface area contributed by atoms with E-state index in [-0.39, 0.29) is 5.91 Å². The second-order valence-electron chi connectivity index (χ2n) is 3.36. The van der Waals surface area contributed by atoms with E-state index in [9.17, 15) is 4.79 Å². The van der Waals surface area contributed by atoms with E-state index in [1.54, 1.807) is 0 Å². The van der Waals surface area contributed by atoms with Crippen LogP contribution in [0.25, 0.3) is 0 Å². The van der Waals surface area contributed by atoms with Crippen LogP contribution in [0.1, 0.15) is 6.92 Å². The Balaban J connectivity index is 2.34. The first-order chi connectivity index (χ1) is 5.74. The minimum absolute atomic E-state index is 0.196. The molecule has 0 bridgehead atoms. The third-order valence-electron chi connectivity index (χ3n) is 2.12. The molecule has 0 aliphatic carbocycles. The van der Waals surface area contributed by atoms with Crippen LogP contribution in [0.4, 0.5) is 0 Å². The molecule has 1 saturated heterocycles. The summed E-state index contributed by atoms with van der Waals surface area (Å²) in [5.41, 5.74) is 5.48. The van der Waals surface area contributed by atoms with Gasteiger partial charge in [-0.25, -0.2) is 0 Å². The normalized spacial score (nSPS) is 21.2. The van der Waals surface area contributed by atoms with Gasteiger partial charge in [-0.15, -0.1) is 0 Å². The molecule has 1 amide bonds. The largest absolute Gasteiger partial charge is 0.340 e. The lowest BCUT2D eigenvalue weighted by atomic mass is 10.1. The number of hydrogen-bond acceptors (Lipinski definition) is 3. The zero-order chi connectivity index (χ0) is 8.97. The van der Waals surface area contributed by atoms with Crippen molar-refractivity contribution in [1.82, 2.24) is 10.2 Å². The Bertz CT molecular complexity index is 160. The molecule has 3 N–H and O–H groups in total. The van der Waals surface area contributed by atoms with Crippen molar-refractivity contribution < 1.29 is 4.79 Å². The Labute approximate surface area is 73.1 Å². The molecule has 1 rings (SSSR count). The molecule has 1 unspecified atom stereocenters. The number of nitrogens with zero attached hydrogens (tertiary/aromatic N) is 1. The second-order valence-corrected chi connectivity index (χ2v) is 3.36. The van der Waals surface area contributed by atoms with E-state index < -0.39 is 0 Å². The van der Waals surface area contributed by atoms with Crippen LogP contribution in [0.5, 0.6) is 0 Å². The van der Waals surface area contributed by atoms with Crippen molar-refractivity contribution >= 4 is 5.91 Å². The fourth-order valence-electron chi connectivity index (χ4n) is 1.29. The zero-order valence-corrected chi connectivity index (χ0v) is 7.55. The molecule has 0 radical (unpaired) electrons. The van der Waals surface area contributed by atoms with Crippen LogP contribution in [0.3, 0.4) is 0 Å². The number of carbonyl (C=O) groups excluding carboxylic acids is 1. The van der Waals surface area contributed by atoms with Gasteiger partial charge in [-0.3, -0.25) is 4.79 Å². The summed E-state index contributed by atoms with van der Waals surface area (Å²) in [6, 6.07) is 0. The SMILES string of the molecule is CC(CN)CN1CCNCC1=O. The van der Waals surface area contributed by atoms with Gasteiger partial charge in [-0.1, -0.05) is 6.92 Å². The molecule has 0 aromatic rings. The van der Waals surface area contributed by atoms with Gasteiger partial charge in [0.15, 0.2) is 0 Å². The summed E-state index contributed by atoms with van der Waals surface area (Å²) in [4.78, 5) is 13.2. The molecule has 4 heteroatoms. The molecular formula is C8H17N3O. The molecule has 70 valence electrons. The summed E-state index contributed by atoms with van der Waals surface area (Å²) in [5, 5.41) is 3.03. The molecular weight excluding hydrogens is 154 g/mol. The number of nitrogens with one attached hydrogen (secondary N) is 1. The predicted octanol–water partition coefficient (Wildman–Crippen LogP) is -0.987. The Morgan fingerprint density at radius 1 is 1.75 bits per heavy atom.